The molecule has 22 heavy (non-hydrogen) atoms. The highest BCUT2D eigenvalue weighted by molar-refractivity contribution is 7.90. The Morgan fingerprint density at radius 3 is 2.41 bits per heavy atom. The number of rotatable bonds is 4. The number of carbonyl (C=O) groups is 1. The van der Waals surface area contributed by atoms with Gasteiger partial charge in [-0.25, -0.2) is 12.4 Å². The number of fused-ring (bicyclic) bond motifs is 1. The van der Waals surface area contributed by atoms with Gasteiger partial charge in [0.15, 0.2) is 6.29 Å². The average Bonchev–Trinajstić information content (AvgIpc) is 2.94. The molecule has 0 N–H and O–H groups in total. The van der Waals surface area contributed by atoms with Crippen molar-refractivity contribution in [1.82, 2.24) is 3.97 Å². The van der Waals surface area contributed by atoms with E-state index in [1.165, 1.54) is 25.3 Å². The molecule has 6 heteroatoms. The van der Waals surface area contributed by atoms with Crippen LogP contribution in [0.3, 0.4) is 0 Å². The molecule has 112 valence electrons. The van der Waals surface area contributed by atoms with Crippen molar-refractivity contribution in [2.45, 2.75) is 4.90 Å². The molecule has 3 aromatic rings. The second-order valence-corrected chi connectivity index (χ2v) is 6.45. The summed E-state index contributed by atoms with van der Waals surface area (Å²) < 4.78 is 32.0. The highest BCUT2D eigenvalue weighted by atomic mass is 32.2. The quantitative estimate of drug-likeness (QED) is 0.694. The second-order valence-electron chi connectivity index (χ2n) is 4.66. The van der Waals surface area contributed by atoms with Crippen LogP contribution in [0.25, 0.3) is 10.9 Å². The fourth-order valence-corrected chi connectivity index (χ4v) is 3.93. The molecule has 0 radical (unpaired) electrons. The zero-order valence-electron chi connectivity index (χ0n) is 11.8. The number of aldehydes is 1. The molecule has 0 fully saturated rings. The van der Waals surface area contributed by atoms with Gasteiger partial charge in [-0.15, -0.1) is 0 Å². The van der Waals surface area contributed by atoms with Crippen LogP contribution in [0.15, 0.2) is 59.5 Å². The van der Waals surface area contributed by atoms with Crippen molar-refractivity contribution < 1.29 is 17.9 Å². The fourth-order valence-electron chi connectivity index (χ4n) is 2.43. The normalized spacial score (nSPS) is 11.5. The Morgan fingerprint density at radius 2 is 1.77 bits per heavy atom. The van der Waals surface area contributed by atoms with Gasteiger partial charge >= 0.3 is 0 Å². The Balaban J connectivity index is 2.38. The highest BCUT2D eigenvalue weighted by Gasteiger charge is 2.23. The maximum absolute atomic E-state index is 12.9. The van der Waals surface area contributed by atoms with E-state index in [-0.39, 0.29) is 10.6 Å². The molecule has 0 aliphatic rings. The van der Waals surface area contributed by atoms with Gasteiger partial charge in [-0.2, -0.15) is 0 Å². The second kappa shape index (κ2) is 5.31. The maximum Gasteiger partial charge on any atom is 0.268 e. The summed E-state index contributed by atoms with van der Waals surface area (Å²) in [6, 6.07) is 14.6. The molecule has 0 amide bonds. The average molecular weight is 315 g/mol. The van der Waals surface area contributed by atoms with E-state index in [0.29, 0.717) is 22.9 Å². The third kappa shape index (κ3) is 2.08. The van der Waals surface area contributed by atoms with E-state index in [2.05, 4.69) is 0 Å². The topological polar surface area (TPSA) is 65.4 Å². The predicted molar refractivity (Wildman–Crippen MR) is 82.9 cm³/mol. The predicted octanol–water partition coefficient (Wildman–Crippen LogP) is 2.70. The van der Waals surface area contributed by atoms with Gasteiger partial charge in [0.1, 0.15) is 5.75 Å². The Labute approximate surface area is 127 Å². The Bertz CT molecular complexity index is 943. The SMILES string of the molecule is COc1cccc2c1cc(C=O)n2S(=O)(=O)c1ccccc1. The molecule has 0 bridgehead atoms. The van der Waals surface area contributed by atoms with Crippen molar-refractivity contribution in [1.29, 1.82) is 0 Å². The number of benzene rings is 2. The summed E-state index contributed by atoms with van der Waals surface area (Å²) >= 11 is 0. The third-order valence-corrected chi connectivity index (χ3v) is 5.17. The van der Waals surface area contributed by atoms with E-state index in [9.17, 15) is 13.2 Å². The van der Waals surface area contributed by atoms with E-state index in [4.69, 9.17) is 4.74 Å². The van der Waals surface area contributed by atoms with Crippen LogP contribution in [-0.2, 0) is 10.0 Å². The van der Waals surface area contributed by atoms with Gasteiger partial charge in [-0.05, 0) is 30.3 Å². The van der Waals surface area contributed by atoms with Crippen molar-refractivity contribution >= 4 is 27.2 Å². The lowest BCUT2D eigenvalue weighted by Gasteiger charge is -2.09. The van der Waals surface area contributed by atoms with Crippen LogP contribution in [0.2, 0.25) is 0 Å². The number of carbonyl (C=O) groups excluding carboxylic acids is 1. The first-order valence-corrected chi connectivity index (χ1v) is 7.98. The minimum atomic E-state index is -3.86. The molecule has 3 rings (SSSR count). The van der Waals surface area contributed by atoms with Crippen molar-refractivity contribution in [3.05, 3.63) is 60.3 Å². The Morgan fingerprint density at radius 1 is 1.05 bits per heavy atom. The van der Waals surface area contributed by atoms with Crippen LogP contribution in [-0.4, -0.2) is 25.8 Å². The van der Waals surface area contributed by atoms with Gasteiger partial charge in [-0.3, -0.25) is 4.79 Å². The maximum atomic E-state index is 12.9. The Hall–Kier alpha value is -2.60. The molecule has 1 heterocycles. The molecule has 0 saturated carbocycles. The van der Waals surface area contributed by atoms with Crippen molar-refractivity contribution in [3.63, 3.8) is 0 Å². The van der Waals surface area contributed by atoms with Crippen LogP contribution in [0.4, 0.5) is 0 Å². The highest BCUT2D eigenvalue weighted by Crippen LogP contribution is 2.31. The van der Waals surface area contributed by atoms with Gasteiger partial charge < -0.3 is 4.74 Å². The summed E-state index contributed by atoms with van der Waals surface area (Å²) in [7, 11) is -2.36. The van der Waals surface area contributed by atoms with Gasteiger partial charge in [0, 0.05) is 5.39 Å². The van der Waals surface area contributed by atoms with Gasteiger partial charge in [0.05, 0.1) is 23.2 Å². The standard InChI is InChI=1S/C16H13NO4S/c1-21-16-9-5-8-15-14(16)10-12(11-18)17(15)22(19,20)13-6-3-2-4-7-13/h2-11H,1H3. The van der Waals surface area contributed by atoms with Crippen LogP contribution in [0.5, 0.6) is 5.75 Å². The van der Waals surface area contributed by atoms with Crippen molar-refractivity contribution in [2.24, 2.45) is 0 Å². The molecule has 0 atom stereocenters. The number of hydrogen-bond acceptors (Lipinski definition) is 4. The summed E-state index contributed by atoms with van der Waals surface area (Å²) in [6.45, 7) is 0. The minimum Gasteiger partial charge on any atom is -0.496 e. The van der Waals surface area contributed by atoms with E-state index in [1.54, 1.807) is 36.4 Å². The number of hydrogen-bond donors (Lipinski definition) is 0. The largest absolute Gasteiger partial charge is 0.496 e. The molecule has 1 aromatic heterocycles. The van der Waals surface area contributed by atoms with Gasteiger partial charge in [-0.1, -0.05) is 24.3 Å². The zero-order valence-corrected chi connectivity index (χ0v) is 12.6. The van der Waals surface area contributed by atoms with Crippen molar-refractivity contribution in [3.8, 4) is 5.75 Å². The number of aromatic nitrogens is 1. The van der Waals surface area contributed by atoms with Crippen LogP contribution in [0.1, 0.15) is 10.5 Å². The Kier molecular flexibility index (Phi) is 3.46. The molecule has 5 nitrogen and oxygen atoms in total. The lowest BCUT2D eigenvalue weighted by Crippen LogP contribution is -2.15. The molecule has 0 unspecified atom stereocenters. The lowest BCUT2D eigenvalue weighted by atomic mass is 10.2. The van der Waals surface area contributed by atoms with Gasteiger partial charge in [0.2, 0.25) is 0 Å². The number of nitrogens with zero attached hydrogens (tertiary/aromatic N) is 1. The van der Waals surface area contributed by atoms with Crippen LogP contribution >= 0.6 is 0 Å². The van der Waals surface area contributed by atoms with Crippen LogP contribution in [0, 0.1) is 0 Å². The number of methoxy groups -OCH3 is 1. The molecule has 0 saturated heterocycles. The molecule has 0 spiro atoms. The summed E-state index contributed by atoms with van der Waals surface area (Å²) in [5, 5.41) is 0.576. The summed E-state index contributed by atoms with van der Waals surface area (Å²) in [5.41, 5.74) is 0.466. The third-order valence-electron chi connectivity index (χ3n) is 3.41. The fraction of sp³-hybridized carbons (Fsp3) is 0.0625. The summed E-state index contributed by atoms with van der Waals surface area (Å²) in [4.78, 5) is 11.5. The van der Waals surface area contributed by atoms with E-state index in [1.807, 2.05) is 0 Å². The minimum absolute atomic E-state index is 0.0587. The molecule has 0 aliphatic carbocycles. The monoisotopic (exact) mass is 315 g/mol. The summed E-state index contributed by atoms with van der Waals surface area (Å²) in [6.07, 6.45) is 0.528. The van der Waals surface area contributed by atoms with Gasteiger partial charge in [0.25, 0.3) is 10.0 Å². The molecular weight excluding hydrogens is 302 g/mol. The van der Waals surface area contributed by atoms with Crippen LogP contribution < -0.4 is 4.74 Å². The molecule has 0 aliphatic heterocycles. The first-order valence-electron chi connectivity index (χ1n) is 6.54. The smallest absolute Gasteiger partial charge is 0.268 e. The van der Waals surface area contributed by atoms with E-state index < -0.39 is 10.0 Å². The first-order chi connectivity index (χ1) is 10.6. The molecular formula is C16H13NO4S. The van der Waals surface area contributed by atoms with E-state index >= 15 is 0 Å². The first kappa shape index (κ1) is 14.3. The lowest BCUT2D eigenvalue weighted by molar-refractivity contribution is 0.111. The van der Waals surface area contributed by atoms with Crippen molar-refractivity contribution in [2.75, 3.05) is 7.11 Å². The molecule has 2 aromatic carbocycles. The van der Waals surface area contributed by atoms with E-state index in [0.717, 1.165) is 3.97 Å². The number of ether oxygens (including phenoxy) is 1. The summed E-state index contributed by atoms with van der Waals surface area (Å²) in [5.74, 6) is 0.516. The zero-order chi connectivity index (χ0) is 15.7.